The Morgan fingerprint density at radius 1 is 0.323 bits per heavy atom. The van der Waals surface area contributed by atoms with Gasteiger partial charge in [-0.1, -0.05) is 173 Å². The Kier molecular flexibility index (Phi) is 7.21. The van der Waals surface area contributed by atoms with E-state index in [4.69, 9.17) is 19.4 Å². The van der Waals surface area contributed by atoms with E-state index >= 15 is 0 Å². The van der Waals surface area contributed by atoms with Gasteiger partial charge in [0.2, 0.25) is 0 Å². The lowest BCUT2D eigenvalue weighted by Crippen LogP contribution is -2.15. The van der Waals surface area contributed by atoms with Gasteiger partial charge in [0.15, 0.2) is 17.5 Å². The number of rotatable bonds is 3. The molecule has 0 fully saturated rings. The number of furan rings is 1. The van der Waals surface area contributed by atoms with Crippen molar-refractivity contribution in [2.24, 2.45) is 0 Å². The van der Waals surface area contributed by atoms with E-state index in [0.717, 1.165) is 38.6 Å². The minimum Gasteiger partial charge on any atom is -0.456 e. The smallest absolute Gasteiger partial charge is 0.164 e. The zero-order valence-corrected chi connectivity index (χ0v) is 36.5. The molecule has 0 amide bonds. The maximum absolute atomic E-state index is 6.75. The zero-order valence-electron chi connectivity index (χ0n) is 36.5. The number of hydrogen-bond donors (Lipinski definition) is 0. The first kappa shape index (κ1) is 36.5. The Morgan fingerprint density at radius 2 is 0.892 bits per heavy atom. The molecule has 2 heterocycles. The van der Waals surface area contributed by atoms with Crippen LogP contribution in [0.15, 0.2) is 180 Å². The first-order valence-electron chi connectivity index (χ1n) is 22.6. The predicted molar refractivity (Wildman–Crippen MR) is 269 cm³/mol. The average molecular weight is 832 g/mol. The van der Waals surface area contributed by atoms with Crippen LogP contribution in [-0.4, -0.2) is 15.0 Å². The Bertz CT molecular complexity index is 4080. The van der Waals surface area contributed by atoms with Gasteiger partial charge in [0.1, 0.15) is 11.2 Å². The maximum atomic E-state index is 6.75. The number of fused-ring (bicyclic) bond motifs is 16. The molecule has 306 valence electrons. The molecule has 0 saturated carbocycles. The molecule has 0 aliphatic heterocycles. The molecule has 4 nitrogen and oxygen atoms in total. The summed E-state index contributed by atoms with van der Waals surface area (Å²) in [4.78, 5) is 16.2. The van der Waals surface area contributed by atoms with Gasteiger partial charge in [0.25, 0.3) is 0 Å². The molecule has 0 N–H and O–H groups in total. The maximum Gasteiger partial charge on any atom is 0.164 e. The Morgan fingerprint density at radius 3 is 1.71 bits per heavy atom. The summed E-state index contributed by atoms with van der Waals surface area (Å²) in [7, 11) is 0. The average Bonchev–Trinajstić information content (AvgIpc) is 3.91. The molecule has 2 aliphatic carbocycles. The van der Waals surface area contributed by atoms with E-state index in [-0.39, 0.29) is 10.8 Å². The molecule has 65 heavy (non-hydrogen) atoms. The highest BCUT2D eigenvalue weighted by Crippen LogP contribution is 2.52. The molecular weight excluding hydrogens is 791 g/mol. The fourth-order valence-electron chi connectivity index (χ4n) is 11.6. The van der Waals surface area contributed by atoms with Crippen molar-refractivity contribution in [2.45, 2.75) is 38.5 Å². The minimum atomic E-state index is -0.178. The summed E-state index contributed by atoms with van der Waals surface area (Å²) in [6, 6.07) is 64.0. The van der Waals surface area contributed by atoms with E-state index in [0.29, 0.717) is 17.5 Å². The SMILES string of the molecule is CC1(C)c2ccccc2-c2ccc(-c3nc(-c4ccc5ccc6ccc7c8ccccc8ccc7c6c5c4)nc(-c4cccc5oc6cc7c(cc6c45)-c4ccccc4C7(C)C)n3)cc21. The lowest BCUT2D eigenvalue weighted by molar-refractivity contribution is 0.647. The van der Waals surface area contributed by atoms with Crippen molar-refractivity contribution >= 4 is 65.0 Å². The van der Waals surface area contributed by atoms with Gasteiger partial charge in [0, 0.05) is 38.3 Å². The third-order valence-electron chi connectivity index (χ3n) is 14.9. The molecule has 4 heteroatoms. The highest BCUT2D eigenvalue weighted by atomic mass is 16.3. The molecule has 0 radical (unpaired) electrons. The first-order chi connectivity index (χ1) is 31.7. The van der Waals surface area contributed by atoms with Crippen molar-refractivity contribution in [1.82, 2.24) is 15.0 Å². The summed E-state index contributed by atoms with van der Waals surface area (Å²) in [6.07, 6.45) is 0. The fourth-order valence-corrected chi connectivity index (χ4v) is 11.6. The minimum absolute atomic E-state index is 0.142. The van der Waals surface area contributed by atoms with Gasteiger partial charge >= 0.3 is 0 Å². The topological polar surface area (TPSA) is 51.8 Å². The molecule has 2 aromatic heterocycles. The normalized spacial score (nSPS) is 14.4. The molecule has 14 rings (SSSR count). The van der Waals surface area contributed by atoms with E-state index in [9.17, 15) is 0 Å². The van der Waals surface area contributed by atoms with Crippen molar-refractivity contribution in [2.75, 3.05) is 0 Å². The highest BCUT2D eigenvalue weighted by Gasteiger charge is 2.37. The second-order valence-electron chi connectivity index (χ2n) is 19.1. The number of benzene rings is 10. The van der Waals surface area contributed by atoms with Gasteiger partial charge in [-0.15, -0.1) is 0 Å². The van der Waals surface area contributed by atoms with Crippen LogP contribution in [0, 0.1) is 0 Å². The third-order valence-corrected chi connectivity index (χ3v) is 14.9. The number of nitrogens with zero attached hydrogens (tertiary/aromatic N) is 3. The van der Waals surface area contributed by atoms with Crippen LogP contribution in [0.4, 0.5) is 0 Å². The van der Waals surface area contributed by atoms with Crippen LogP contribution in [0.1, 0.15) is 49.9 Å². The van der Waals surface area contributed by atoms with Gasteiger partial charge in [-0.05, 0) is 118 Å². The molecule has 10 aromatic carbocycles. The second kappa shape index (κ2) is 12.8. The van der Waals surface area contributed by atoms with Gasteiger partial charge in [-0.25, -0.2) is 15.0 Å². The second-order valence-corrected chi connectivity index (χ2v) is 19.1. The van der Waals surface area contributed by atoms with Gasteiger partial charge in [-0.3, -0.25) is 0 Å². The first-order valence-corrected chi connectivity index (χ1v) is 22.6. The molecule has 0 spiro atoms. The van der Waals surface area contributed by atoms with Gasteiger partial charge < -0.3 is 4.42 Å². The van der Waals surface area contributed by atoms with E-state index < -0.39 is 0 Å². The summed E-state index contributed by atoms with van der Waals surface area (Å²) in [5.41, 5.74) is 14.5. The van der Waals surface area contributed by atoms with E-state index in [1.807, 2.05) is 0 Å². The van der Waals surface area contributed by atoms with Crippen molar-refractivity contribution in [1.29, 1.82) is 0 Å². The van der Waals surface area contributed by atoms with Crippen LogP contribution in [0.25, 0.3) is 121 Å². The van der Waals surface area contributed by atoms with Crippen LogP contribution < -0.4 is 0 Å². The quantitative estimate of drug-likeness (QED) is 0.166. The molecular formula is C61H41N3O. The van der Waals surface area contributed by atoms with E-state index in [1.165, 1.54) is 87.6 Å². The van der Waals surface area contributed by atoms with Crippen molar-refractivity contribution in [3.63, 3.8) is 0 Å². The monoisotopic (exact) mass is 831 g/mol. The van der Waals surface area contributed by atoms with Crippen LogP contribution in [-0.2, 0) is 10.8 Å². The zero-order chi connectivity index (χ0) is 43.3. The summed E-state index contributed by atoms with van der Waals surface area (Å²) in [6.45, 7) is 9.26. The van der Waals surface area contributed by atoms with Crippen LogP contribution in [0.2, 0.25) is 0 Å². The highest BCUT2D eigenvalue weighted by molar-refractivity contribution is 6.25. The Labute approximate surface area is 375 Å². The molecule has 0 bridgehead atoms. The summed E-state index contributed by atoms with van der Waals surface area (Å²) in [5.74, 6) is 1.87. The Hall–Kier alpha value is -7.95. The van der Waals surface area contributed by atoms with E-state index in [1.54, 1.807) is 0 Å². The summed E-state index contributed by atoms with van der Waals surface area (Å²) >= 11 is 0. The Balaban J connectivity index is 1.02. The largest absolute Gasteiger partial charge is 0.456 e. The summed E-state index contributed by atoms with van der Waals surface area (Å²) in [5, 5.41) is 11.8. The molecule has 12 aromatic rings. The molecule has 0 atom stereocenters. The van der Waals surface area contributed by atoms with E-state index in [2.05, 4.69) is 204 Å². The van der Waals surface area contributed by atoms with Gasteiger partial charge in [-0.2, -0.15) is 0 Å². The van der Waals surface area contributed by atoms with Crippen molar-refractivity contribution in [3.05, 3.63) is 198 Å². The van der Waals surface area contributed by atoms with Crippen LogP contribution in [0.5, 0.6) is 0 Å². The number of hydrogen-bond acceptors (Lipinski definition) is 4. The predicted octanol–water partition coefficient (Wildman–Crippen LogP) is 16.0. The molecule has 0 unspecified atom stereocenters. The van der Waals surface area contributed by atoms with Crippen molar-refractivity contribution in [3.8, 4) is 56.4 Å². The summed E-state index contributed by atoms with van der Waals surface area (Å²) < 4.78 is 6.75. The molecule has 2 aliphatic rings. The molecule has 0 saturated heterocycles. The van der Waals surface area contributed by atoms with Crippen LogP contribution >= 0.6 is 0 Å². The van der Waals surface area contributed by atoms with Crippen molar-refractivity contribution < 1.29 is 4.42 Å². The third kappa shape index (κ3) is 5.05. The fraction of sp³-hybridized carbons (Fsp3) is 0.0984. The van der Waals surface area contributed by atoms with Gasteiger partial charge in [0.05, 0.1) is 0 Å². The lowest BCUT2D eigenvalue weighted by Gasteiger charge is -2.21. The number of aromatic nitrogens is 3. The standard InChI is InChI=1S/C61H41N3O/c1-60(2)49-17-9-7-14-41(49)43-28-26-38(31-51(43)60)58-62-57(37-23-21-35-20-22-36-25-27-40-39-13-6-5-12-34(39)24-29-44(40)55(36)46(35)30-37)63-59(64-58)45-16-11-19-53-56(45)48-32-47-42-15-8-10-18-50(42)61(3,4)52(47)33-54(48)65-53/h5-33H,1-4H3. The van der Waals surface area contributed by atoms with Crippen LogP contribution in [0.3, 0.4) is 0 Å². The lowest BCUT2D eigenvalue weighted by atomic mass is 9.82.